The second kappa shape index (κ2) is 4.95. The van der Waals surface area contributed by atoms with Crippen molar-refractivity contribution >= 4 is 11.6 Å². The lowest BCUT2D eigenvalue weighted by Crippen LogP contribution is -2.28. The molecule has 0 radical (unpaired) electrons. The molecular formula is C14H18ClFO. The Balaban J connectivity index is 2.10. The summed E-state index contributed by atoms with van der Waals surface area (Å²) in [6, 6.07) is 4.66. The average Bonchev–Trinajstić information content (AvgIpc) is 2.65. The Hall–Kier alpha value is -0.600. The van der Waals surface area contributed by atoms with Crippen LogP contribution in [0.1, 0.15) is 38.2 Å². The van der Waals surface area contributed by atoms with Gasteiger partial charge < -0.3 is 5.11 Å². The Morgan fingerprint density at radius 2 is 2.29 bits per heavy atom. The molecule has 0 aromatic heterocycles. The van der Waals surface area contributed by atoms with E-state index in [9.17, 15) is 9.50 Å². The smallest absolute Gasteiger partial charge is 0.127 e. The summed E-state index contributed by atoms with van der Waals surface area (Å²) in [6.45, 7) is 2.14. The maximum atomic E-state index is 13.7. The largest absolute Gasteiger partial charge is 0.390 e. The number of benzene rings is 1. The number of hydrogen-bond acceptors (Lipinski definition) is 1. The maximum Gasteiger partial charge on any atom is 0.127 e. The molecule has 1 saturated carbocycles. The Morgan fingerprint density at radius 3 is 2.88 bits per heavy atom. The summed E-state index contributed by atoms with van der Waals surface area (Å²) in [4.78, 5) is 0. The minimum atomic E-state index is -0.727. The quantitative estimate of drug-likeness (QED) is 0.868. The van der Waals surface area contributed by atoms with Gasteiger partial charge in [0.1, 0.15) is 5.82 Å². The predicted octanol–water partition coefficient (Wildman–Crippen LogP) is 3.96. The van der Waals surface area contributed by atoms with Crippen molar-refractivity contribution in [2.24, 2.45) is 5.92 Å². The average molecular weight is 257 g/mol. The van der Waals surface area contributed by atoms with Crippen LogP contribution in [0, 0.1) is 11.7 Å². The molecule has 1 aromatic carbocycles. The molecule has 2 unspecified atom stereocenters. The van der Waals surface area contributed by atoms with Crippen molar-refractivity contribution < 1.29 is 9.50 Å². The van der Waals surface area contributed by atoms with E-state index in [1.807, 2.05) is 0 Å². The summed E-state index contributed by atoms with van der Waals surface area (Å²) in [6.07, 6.45) is 4.08. The van der Waals surface area contributed by atoms with Crippen LogP contribution in [-0.2, 0) is 6.42 Å². The first-order valence-corrected chi connectivity index (χ1v) is 6.56. The van der Waals surface area contributed by atoms with Crippen LogP contribution >= 0.6 is 11.6 Å². The predicted molar refractivity (Wildman–Crippen MR) is 67.7 cm³/mol. The lowest BCUT2D eigenvalue weighted by molar-refractivity contribution is 0.0428. The summed E-state index contributed by atoms with van der Waals surface area (Å²) in [5, 5.41) is 10.8. The van der Waals surface area contributed by atoms with Crippen molar-refractivity contribution in [2.75, 3.05) is 0 Å². The summed E-state index contributed by atoms with van der Waals surface area (Å²) < 4.78 is 13.7. The van der Waals surface area contributed by atoms with Crippen molar-refractivity contribution in [3.63, 3.8) is 0 Å². The Bertz CT molecular complexity index is 407. The molecule has 94 valence electrons. The zero-order valence-electron chi connectivity index (χ0n) is 10.0. The van der Waals surface area contributed by atoms with Crippen LogP contribution in [0.25, 0.3) is 0 Å². The molecule has 0 heterocycles. The molecule has 17 heavy (non-hydrogen) atoms. The van der Waals surface area contributed by atoms with E-state index in [0.717, 1.165) is 25.7 Å². The highest BCUT2D eigenvalue weighted by Crippen LogP contribution is 2.38. The number of hydrogen-bond donors (Lipinski definition) is 1. The van der Waals surface area contributed by atoms with E-state index in [-0.39, 0.29) is 5.82 Å². The molecule has 1 aliphatic carbocycles. The van der Waals surface area contributed by atoms with Crippen molar-refractivity contribution in [1.29, 1.82) is 0 Å². The maximum absolute atomic E-state index is 13.7. The molecule has 1 fully saturated rings. The molecule has 0 amide bonds. The molecule has 0 spiro atoms. The van der Waals surface area contributed by atoms with E-state index in [1.165, 1.54) is 6.07 Å². The third kappa shape index (κ3) is 2.99. The van der Waals surface area contributed by atoms with E-state index in [0.29, 0.717) is 22.9 Å². The topological polar surface area (TPSA) is 20.2 Å². The second-order valence-corrected chi connectivity index (χ2v) is 5.59. The third-order valence-corrected chi connectivity index (χ3v) is 4.03. The highest BCUT2D eigenvalue weighted by molar-refractivity contribution is 6.30. The standard InChI is InChI=1S/C14H18ClFO/c1-2-10-5-6-14(17,8-10)9-11-3-4-12(15)7-13(11)16/h3-4,7,10,17H,2,5-6,8-9H2,1H3. The number of rotatable bonds is 3. The fourth-order valence-electron chi connectivity index (χ4n) is 2.74. The van der Waals surface area contributed by atoms with Gasteiger partial charge in [0.2, 0.25) is 0 Å². The normalized spacial score (nSPS) is 28.6. The summed E-state index contributed by atoms with van der Waals surface area (Å²) in [5.41, 5.74) is -0.163. The summed E-state index contributed by atoms with van der Waals surface area (Å²) in [7, 11) is 0. The van der Waals surface area contributed by atoms with E-state index >= 15 is 0 Å². The number of halogens is 2. The molecular weight excluding hydrogens is 239 g/mol. The minimum Gasteiger partial charge on any atom is -0.390 e. The number of aliphatic hydroxyl groups is 1. The first-order valence-electron chi connectivity index (χ1n) is 6.19. The zero-order valence-corrected chi connectivity index (χ0v) is 10.8. The first-order chi connectivity index (χ1) is 8.02. The molecule has 0 aliphatic heterocycles. The highest BCUT2D eigenvalue weighted by Gasteiger charge is 2.36. The van der Waals surface area contributed by atoms with E-state index in [1.54, 1.807) is 12.1 Å². The molecule has 1 nitrogen and oxygen atoms in total. The van der Waals surface area contributed by atoms with Crippen molar-refractivity contribution in [2.45, 2.75) is 44.6 Å². The fraction of sp³-hybridized carbons (Fsp3) is 0.571. The molecule has 3 heteroatoms. The second-order valence-electron chi connectivity index (χ2n) is 5.15. The van der Waals surface area contributed by atoms with Crippen molar-refractivity contribution in [3.05, 3.63) is 34.6 Å². The Kier molecular flexibility index (Phi) is 3.74. The van der Waals surface area contributed by atoms with Gasteiger partial charge in [-0.3, -0.25) is 0 Å². The zero-order chi connectivity index (χ0) is 12.5. The molecule has 1 N–H and O–H groups in total. The molecule has 0 bridgehead atoms. The SMILES string of the molecule is CCC1CCC(O)(Cc2ccc(Cl)cc2F)C1. The monoisotopic (exact) mass is 256 g/mol. The highest BCUT2D eigenvalue weighted by atomic mass is 35.5. The molecule has 0 saturated heterocycles. The first kappa shape index (κ1) is 12.8. The van der Waals surface area contributed by atoms with Crippen LogP contribution in [-0.4, -0.2) is 10.7 Å². The molecule has 2 atom stereocenters. The van der Waals surface area contributed by atoms with Crippen LogP contribution < -0.4 is 0 Å². The van der Waals surface area contributed by atoms with Gasteiger partial charge in [-0.15, -0.1) is 0 Å². The minimum absolute atomic E-state index is 0.314. The van der Waals surface area contributed by atoms with Gasteiger partial charge in [-0.25, -0.2) is 4.39 Å². The molecule has 1 aliphatic rings. The lowest BCUT2D eigenvalue weighted by atomic mass is 9.91. The molecule has 1 aromatic rings. The van der Waals surface area contributed by atoms with Gasteiger partial charge in [-0.05, 0) is 42.9 Å². The van der Waals surface area contributed by atoms with Gasteiger partial charge in [0, 0.05) is 11.4 Å². The lowest BCUT2D eigenvalue weighted by Gasteiger charge is -2.23. The van der Waals surface area contributed by atoms with Crippen molar-refractivity contribution in [1.82, 2.24) is 0 Å². The summed E-state index contributed by atoms with van der Waals surface area (Å²) in [5.74, 6) is 0.265. The van der Waals surface area contributed by atoms with Gasteiger partial charge >= 0.3 is 0 Å². The van der Waals surface area contributed by atoms with Gasteiger partial charge in [-0.1, -0.05) is 31.0 Å². The molecule has 2 rings (SSSR count). The van der Waals surface area contributed by atoms with Crippen LogP contribution in [0.2, 0.25) is 5.02 Å². The van der Waals surface area contributed by atoms with Gasteiger partial charge in [-0.2, -0.15) is 0 Å². The third-order valence-electron chi connectivity index (χ3n) is 3.80. The van der Waals surface area contributed by atoms with Gasteiger partial charge in [0.15, 0.2) is 0 Å². The van der Waals surface area contributed by atoms with E-state index in [4.69, 9.17) is 11.6 Å². The van der Waals surface area contributed by atoms with Crippen molar-refractivity contribution in [3.8, 4) is 0 Å². The van der Waals surface area contributed by atoms with Crippen LogP contribution in [0.3, 0.4) is 0 Å². The summed E-state index contributed by atoms with van der Waals surface area (Å²) >= 11 is 5.71. The van der Waals surface area contributed by atoms with Crippen LogP contribution in [0.5, 0.6) is 0 Å². The van der Waals surface area contributed by atoms with Gasteiger partial charge in [0.25, 0.3) is 0 Å². The van der Waals surface area contributed by atoms with Crippen LogP contribution in [0.15, 0.2) is 18.2 Å². The Morgan fingerprint density at radius 1 is 1.53 bits per heavy atom. The van der Waals surface area contributed by atoms with Crippen LogP contribution in [0.4, 0.5) is 4.39 Å². The van der Waals surface area contributed by atoms with Gasteiger partial charge in [0.05, 0.1) is 5.60 Å². The Labute approximate surface area is 107 Å². The fourth-order valence-corrected chi connectivity index (χ4v) is 2.90. The van der Waals surface area contributed by atoms with E-state index in [2.05, 4.69) is 6.92 Å². The van der Waals surface area contributed by atoms with E-state index < -0.39 is 5.60 Å².